The molecular formula is C63H55N2O7P. The third kappa shape index (κ3) is 9.07. The quantitative estimate of drug-likeness (QED) is 0.106. The number of fused-ring (bicyclic) bond motifs is 1. The molecular weight excluding hydrogens is 928 g/mol. The zero-order valence-corrected chi connectivity index (χ0v) is 41.5. The van der Waals surface area contributed by atoms with Crippen molar-refractivity contribution in [3.05, 3.63) is 269 Å². The minimum atomic E-state index is -2.31. The fourth-order valence-electron chi connectivity index (χ4n) is 10.8. The molecule has 12 rings (SSSR count). The van der Waals surface area contributed by atoms with Crippen LogP contribution in [0.1, 0.15) is 64.9 Å². The van der Waals surface area contributed by atoms with Gasteiger partial charge in [0.15, 0.2) is 28.8 Å². The first kappa shape index (κ1) is 46.8. The molecule has 8 aromatic carbocycles. The molecule has 4 aliphatic heterocycles. The van der Waals surface area contributed by atoms with Crippen LogP contribution in [0.5, 0.6) is 5.75 Å². The summed E-state index contributed by atoms with van der Waals surface area (Å²) in [6.45, 7) is 4.82. The van der Waals surface area contributed by atoms with Crippen LogP contribution in [0, 0.1) is 5.92 Å². The van der Waals surface area contributed by atoms with Crippen LogP contribution in [0.25, 0.3) is 11.1 Å². The summed E-state index contributed by atoms with van der Waals surface area (Å²) in [5, 5.41) is 0. The first-order valence-corrected chi connectivity index (χ1v) is 26.1. The van der Waals surface area contributed by atoms with E-state index in [1.807, 2.05) is 141 Å². The van der Waals surface area contributed by atoms with Crippen molar-refractivity contribution in [1.82, 2.24) is 0 Å². The normalized spacial score (nSPS) is 21.8. The number of hydrogen-bond donors (Lipinski definition) is 0. The predicted octanol–water partition coefficient (Wildman–Crippen LogP) is 13.9. The third-order valence-electron chi connectivity index (χ3n) is 14.2. The molecule has 0 N–H and O–H groups in total. The average molecular weight is 983 g/mol. The van der Waals surface area contributed by atoms with Gasteiger partial charge < -0.3 is 23.5 Å². The maximum atomic E-state index is 7.70. The molecule has 4 heterocycles. The highest BCUT2D eigenvalue weighted by atomic mass is 31.2. The minimum absolute atomic E-state index is 0.120. The fourth-order valence-corrected chi connectivity index (χ4v) is 12.3. The third-order valence-corrected chi connectivity index (χ3v) is 15.4. The fraction of sp³-hybridized carbons (Fsp3) is 0.206. The molecule has 364 valence electrons. The molecule has 0 aromatic heterocycles. The van der Waals surface area contributed by atoms with Gasteiger partial charge in [-0.1, -0.05) is 224 Å². The molecule has 2 fully saturated rings. The Balaban J connectivity index is 0.956. The Bertz CT molecular complexity index is 2970. The summed E-state index contributed by atoms with van der Waals surface area (Å²) >= 11 is 0. The van der Waals surface area contributed by atoms with Crippen LogP contribution < -0.4 is 4.52 Å². The molecule has 4 atom stereocenters. The average Bonchev–Trinajstić information content (AvgIpc) is 4.22. The van der Waals surface area contributed by atoms with Gasteiger partial charge in [0.25, 0.3) is 0 Å². The van der Waals surface area contributed by atoms with E-state index in [0.717, 1.165) is 50.1 Å². The number of benzene rings is 8. The van der Waals surface area contributed by atoms with Gasteiger partial charge in [-0.05, 0) is 70.8 Å². The number of ether oxygens (including phenoxy) is 4. The Morgan fingerprint density at radius 3 is 1.36 bits per heavy atom. The number of para-hydroxylation sites is 1. The summed E-state index contributed by atoms with van der Waals surface area (Å²) in [6.07, 6.45) is -0.934. The van der Waals surface area contributed by atoms with Gasteiger partial charge in [-0.2, -0.15) is 0 Å². The zero-order valence-electron chi connectivity index (χ0n) is 40.6. The van der Waals surface area contributed by atoms with E-state index < -0.39 is 37.8 Å². The lowest BCUT2D eigenvalue weighted by molar-refractivity contribution is -0.175. The van der Waals surface area contributed by atoms with Crippen molar-refractivity contribution >= 4 is 20.4 Å². The van der Waals surface area contributed by atoms with Gasteiger partial charge >= 0.3 is 8.60 Å². The summed E-state index contributed by atoms with van der Waals surface area (Å²) in [5.41, 5.74) is 6.02. The van der Waals surface area contributed by atoms with Gasteiger partial charge in [-0.15, -0.1) is 0 Å². The van der Waals surface area contributed by atoms with E-state index in [1.54, 1.807) is 0 Å². The molecule has 0 bridgehead atoms. The Morgan fingerprint density at radius 2 is 0.904 bits per heavy atom. The molecule has 8 aromatic rings. The van der Waals surface area contributed by atoms with Crippen molar-refractivity contribution in [2.75, 3.05) is 13.2 Å². The molecule has 0 unspecified atom stereocenters. The maximum absolute atomic E-state index is 7.70. The molecule has 9 nitrogen and oxygen atoms in total. The Hall–Kier alpha value is -7.23. The topological polar surface area (TPSA) is 89.3 Å². The van der Waals surface area contributed by atoms with Crippen molar-refractivity contribution in [2.24, 2.45) is 15.9 Å². The maximum Gasteiger partial charge on any atom is 0.399 e. The second-order valence-electron chi connectivity index (χ2n) is 19.3. The summed E-state index contributed by atoms with van der Waals surface area (Å²) in [6, 6.07) is 78.0. The minimum Gasteiger partial charge on any atom is -0.478 e. The zero-order chi connectivity index (χ0) is 49.2. The van der Waals surface area contributed by atoms with Crippen LogP contribution in [-0.4, -0.2) is 43.0 Å². The second kappa shape index (κ2) is 20.0. The van der Waals surface area contributed by atoms with Gasteiger partial charge in [-0.25, -0.2) is 9.98 Å². The molecule has 0 spiro atoms. The monoisotopic (exact) mass is 982 g/mol. The highest BCUT2D eigenvalue weighted by molar-refractivity contribution is 7.42. The van der Waals surface area contributed by atoms with E-state index in [1.165, 1.54) is 0 Å². The summed E-state index contributed by atoms with van der Waals surface area (Å²) in [4.78, 5) is 10.3. The van der Waals surface area contributed by atoms with Gasteiger partial charge in [0.2, 0.25) is 0 Å². The van der Waals surface area contributed by atoms with Crippen LogP contribution in [-0.2, 0) is 45.6 Å². The van der Waals surface area contributed by atoms with Gasteiger partial charge in [0, 0.05) is 5.56 Å². The van der Waals surface area contributed by atoms with E-state index in [-0.39, 0.29) is 18.0 Å². The highest BCUT2D eigenvalue weighted by Crippen LogP contribution is 2.65. The molecule has 2 saturated heterocycles. The molecule has 0 amide bonds. The Kier molecular flexibility index (Phi) is 12.8. The molecule has 0 aliphatic carbocycles. The van der Waals surface area contributed by atoms with Crippen LogP contribution in [0.3, 0.4) is 0 Å². The van der Waals surface area contributed by atoms with Crippen LogP contribution >= 0.6 is 8.60 Å². The number of nitrogens with zero attached hydrogens (tertiary/aromatic N) is 2. The van der Waals surface area contributed by atoms with Crippen LogP contribution in [0.2, 0.25) is 0 Å². The van der Waals surface area contributed by atoms with Crippen molar-refractivity contribution in [3.8, 4) is 16.9 Å². The predicted molar refractivity (Wildman–Crippen MR) is 285 cm³/mol. The standard InChI is InChI=1S/C63H55N2O7P/c1-61(2)68-57-58(69-61)63(50-34-17-7-18-35-50,51-36-19-8-20-37-51)72-73(71-62(57,48-30-13-5-14-31-48)49-32-15-6-16-33-49)70-56-39-22-21-38-52(56)47-29-23-24-44(40-47)41-53(59-64-54(42-66-59)45-25-9-3-10-26-45)60-65-55(43-67-60)46-27-11-4-12-28-46/h3-40,53-55,57-58H,41-43H2,1-2H3/t54-,55-,57-,58-/m1/s1. The summed E-state index contributed by atoms with van der Waals surface area (Å²) in [5.74, 6) is 0.474. The van der Waals surface area contributed by atoms with Gasteiger partial charge in [0.1, 0.15) is 49.2 Å². The SMILES string of the molecule is CC1(C)O[C@@H]2[C@@H](O1)C(c1ccccc1)(c1ccccc1)OP(Oc1ccccc1-c1cccc(CC(C3=N[C@@H](c4ccccc4)CO3)C3=N[C@@H](c4ccccc4)CO3)c1)OC2(c1ccccc1)c1ccccc1. The molecule has 4 aliphatic rings. The Morgan fingerprint density at radius 1 is 0.493 bits per heavy atom. The lowest BCUT2D eigenvalue weighted by Gasteiger charge is -2.41. The van der Waals surface area contributed by atoms with E-state index in [9.17, 15) is 0 Å². The molecule has 10 heteroatoms. The molecule has 0 saturated carbocycles. The van der Waals surface area contributed by atoms with Crippen LogP contribution in [0.15, 0.2) is 241 Å². The van der Waals surface area contributed by atoms with E-state index in [0.29, 0.717) is 37.2 Å². The van der Waals surface area contributed by atoms with Gasteiger partial charge in [0.05, 0.1) is 0 Å². The van der Waals surface area contributed by atoms with Gasteiger partial charge in [-0.3, -0.25) is 9.05 Å². The Labute approximate surface area is 428 Å². The first-order chi connectivity index (χ1) is 35.9. The number of hydrogen-bond acceptors (Lipinski definition) is 9. The molecule has 73 heavy (non-hydrogen) atoms. The second-order valence-corrected chi connectivity index (χ2v) is 20.3. The van der Waals surface area contributed by atoms with Crippen molar-refractivity contribution in [1.29, 1.82) is 0 Å². The van der Waals surface area contributed by atoms with Crippen LogP contribution in [0.4, 0.5) is 0 Å². The van der Waals surface area contributed by atoms with Crippen molar-refractivity contribution in [2.45, 2.75) is 61.5 Å². The van der Waals surface area contributed by atoms with E-state index in [4.69, 9.17) is 42.5 Å². The lowest BCUT2D eigenvalue weighted by Crippen LogP contribution is -2.53. The summed E-state index contributed by atoms with van der Waals surface area (Å²) < 4.78 is 50.1. The number of aliphatic imine (C=N–C) groups is 2. The van der Waals surface area contributed by atoms with E-state index in [2.05, 4.69) is 103 Å². The van der Waals surface area contributed by atoms with Crippen molar-refractivity contribution < 1.29 is 32.5 Å². The largest absolute Gasteiger partial charge is 0.478 e. The van der Waals surface area contributed by atoms with Crippen molar-refractivity contribution in [3.63, 3.8) is 0 Å². The highest BCUT2D eigenvalue weighted by Gasteiger charge is 2.67. The smallest absolute Gasteiger partial charge is 0.399 e. The van der Waals surface area contributed by atoms with E-state index >= 15 is 0 Å². The lowest BCUT2D eigenvalue weighted by atomic mass is 9.72. The first-order valence-electron chi connectivity index (χ1n) is 25.0. The summed E-state index contributed by atoms with van der Waals surface area (Å²) in [7, 11) is -2.31. The number of rotatable bonds is 13. The molecule has 0 radical (unpaired) electrons.